The van der Waals surface area contributed by atoms with Crippen molar-refractivity contribution in [3.8, 4) is 0 Å². The van der Waals surface area contributed by atoms with Gasteiger partial charge in [0.1, 0.15) is 10.2 Å². The van der Waals surface area contributed by atoms with Crippen molar-refractivity contribution in [2.24, 2.45) is 5.84 Å². The number of nitro groups is 1. The molecule has 2 rings (SSSR count). The Bertz CT molecular complexity index is 715. The molecular weight excluding hydrogens is 330 g/mol. The maximum Gasteiger partial charge on any atom is 0.293 e. The SMILES string of the molecule is NNc1cc(Cn2cncc(Br)c2=O)ccc1[N+](=O)[O-]. The first-order valence-corrected chi connectivity index (χ1v) is 6.26. The van der Waals surface area contributed by atoms with Crippen molar-refractivity contribution in [1.29, 1.82) is 0 Å². The number of halogens is 1. The van der Waals surface area contributed by atoms with E-state index >= 15 is 0 Å². The fourth-order valence-corrected chi connectivity index (χ4v) is 2.04. The third-order valence-corrected chi connectivity index (χ3v) is 3.17. The third-order valence-electron chi connectivity index (χ3n) is 2.63. The zero-order valence-electron chi connectivity index (χ0n) is 10.1. The van der Waals surface area contributed by atoms with Gasteiger partial charge in [-0.25, -0.2) is 4.98 Å². The Kier molecular flexibility index (Phi) is 4.11. The number of nitrogens with one attached hydrogen (secondary N) is 1. The van der Waals surface area contributed by atoms with E-state index in [1.54, 1.807) is 6.07 Å². The Morgan fingerprint density at radius 1 is 1.50 bits per heavy atom. The Hall–Kier alpha value is -2.26. The van der Waals surface area contributed by atoms with E-state index in [0.29, 0.717) is 10.0 Å². The van der Waals surface area contributed by atoms with Gasteiger partial charge in [0.05, 0.1) is 17.8 Å². The predicted octanol–water partition coefficient (Wildman–Crippen LogP) is 1.25. The average Bonchev–Trinajstić information content (AvgIpc) is 2.43. The molecule has 1 aromatic carbocycles. The van der Waals surface area contributed by atoms with Crippen LogP contribution in [0, 0.1) is 10.1 Å². The molecule has 1 aromatic heterocycles. The second kappa shape index (κ2) is 5.80. The molecule has 0 saturated carbocycles. The molecule has 9 heteroatoms. The number of nitrogens with two attached hydrogens (primary N) is 1. The molecule has 0 aliphatic rings. The van der Waals surface area contributed by atoms with Crippen LogP contribution in [0.3, 0.4) is 0 Å². The van der Waals surface area contributed by atoms with E-state index in [1.165, 1.54) is 29.2 Å². The van der Waals surface area contributed by atoms with E-state index in [2.05, 4.69) is 26.3 Å². The molecular formula is C11H10BrN5O3. The first-order valence-electron chi connectivity index (χ1n) is 5.47. The molecule has 2 aromatic rings. The Balaban J connectivity index is 2.37. The standard InChI is InChI=1S/C11H10BrN5O3/c12-8-4-14-6-16(11(8)18)5-7-1-2-10(17(19)20)9(3-7)15-13/h1-4,6,15H,5,13H2. The van der Waals surface area contributed by atoms with Gasteiger partial charge in [-0.3, -0.25) is 25.3 Å². The van der Waals surface area contributed by atoms with Crippen molar-refractivity contribution in [1.82, 2.24) is 9.55 Å². The van der Waals surface area contributed by atoms with E-state index in [1.807, 2.05) is 0 Å². The molecule has 0 radical (unpaired) electrons. The molecule has 0 aliphatic carbocycles. The van der Waals surface area contributed by atoms with Crippen molar-refractivity contribution in [2.45, 2.75) is 6.54 Å². The maximum atomic E-state index is 11.8. The highest BCUT2D eigenvalue weighted by atomic mass is 79.9. The minimum absolute atomic E-state index is 0.129. The normalized spacial score (nSPS) is 10.3. The van der Waals surface area contributed by atoms with Crippen LogP contribution in [0.4, 0.5) is 11.4 Å². The van der Waals surface area contributed by atoms with Crippen molar-refractivity contribution in [2.75, 3.05) is 5.43 Å². The van der Waals surface area contributed by atoms with Gasteiger partial charge in [-0.1, -0.05) is 6.07 Å². The molecule has 0 unspecified atom stereocenters. The van der Waals surface area contributed by atoms with Crippen LogP contribution in [0.25, 0.3) is 0 Å². The van der Waals surface area contributed by atoms with E-state index in [-0.39, 0.29) is 23.5 Å². The van der Waals surface area contributed by atoms with E-state index in [4.69, 9.17) is 5.84 Å². The minimum Gasteiger partial charge on any atom is -0.318 e. The van der Waals surface area contributed by atoms with Gasteiger partial charge in [0.2, 0.25) is 0 Å². The molecule has 0 saturated heterocycles. The predicted molar refractivity (Wildman–Crippen MR) is 76.2 cm³/mol. The summed E-state index contributed by atoms with van der Waals surface area (Å²) in [5, 5.41) is 10.8. The van der Waals surface area contributed by atoms with E-state index in [9.17, 15) is 14.9 Å². The molecule has 1 heterocycles. The molecule has 0 aliphatic heterocycles. The summed E-state index contributed by atoms with van der Waals surface area (Å²) in [6.07, 6.45) is 2.80. The van der Waals surface area contributed by atoms with E-state index in [0.717, 1.165) is 0 Å². The van der Waals surface area contributed by atoms with Crippen LogP contribution < -0.4 is 16.8 Å². The fraction of sp³-hybridized carbons (Fsp3) is 0.0909. The summed E-state index contributed by atoms with van der Waals surface area (Å²) >= 11 is 3.10. The number of aromatic nitrogens is 2. The lowest BCUT2D eigenvalue weighted by molar-refractivity contribution is -0.384. The van der Waals surface area contributed by atoms with Crippen LogP contribution in [-0.2, 0) is 6.54 Å². The fourth-order valence-electron chi connectivity index (χ4n) is 1.69. The van der Waals surface area contributed by atoms with E-state index < -0.39 is 4.92 Å². The quantitative estimate of drug-likeness (QED) is 0.492. The summed E-state index contributed by atoms with van der Waals surface area (Å²) in [4.78, 5) is 26.0. The molecule has 0 spiro atoms. The van der Waals surface area contributed by atoms with Crippen LogP contribution in [0.1, 0.15) is 5.56 Å². The zero-order chi connectivity index (χ0) is 14.7. The molecule has 0 bridgehead atoms. The molecule has 104 valence electrons. The molecule has 0 fully saturated rings. The Labute approximate surface area is 121 Å². The molecule has 20 heavy (non-hydrogen) atoms. The van der Waals surface area contributed by atoms with Crippen LogP contribution in [0.2, 0.25) is 0 Å². The first-order chi connectivity index (χ1) is 9.52. The monoisotopic (exact) mass is 339 g/mol. The summed E-state index contributed by atoms with van der Waals surface area (Å²) in [5.74, 6) is 5.26. The average molecular weight is 340 g/mol. The van der Waals surface area contributed by atoms with Crippen molar-refractivity contribution >= 4 is 27.3 Å². The van der Waals surface area contributed by atoms with Crippen LogP contribution in [-0.4, -0.2) is 14.5 Å². The van der Waals surface area contributed by atoms with Gasteiger partial charge in [0, 0.05) is 12.3 Å². The summed E-state index contributed by atoms with van der Waals surface area (Å²) in [5.41, 5.74) is 2.78. The van der Waals surface area contributed by atoms with Gasteiger partial charge < -0.3 is 5.43 Å². The van der Waals surface area contributed by atoms with Gasteiger partial charge in [0.15, 0.2) is 0 Å². The highest BCUT2D eigenvalue weighted by Crippen LogP contribution is 2.24. The number of hydrazine groups is 1. The number of anilines is 1. The lowest BCUT2D eigenvalue weighted by atomic mass is 10.1. The topological polar surface area (TPSA) is 116 Å². The largest absolute Gasteiger partial charge is 0.318 e. The highest BCUT2D eigenvalue weighted by Gasteiger charge is 2.13. The van der Waals surface area contributed by atoms with Crippen LogP contribution in [0.15, 0.2) is 40.0 Å². The Morgan fingerprint density at radius 3 is 2.90 bits per heavy atom. The van der Waals surface area contributed by atoms with Gasteiger partial charge >= 0.3 is 0 Å². The number of nitrogen functional groups attached to an aromatic ring is 1. The summed E-state index contributed by atoms with van der Waals surface area (Å²) < 4.78 is 1.73. The lowest BCUT2D eigenvalue weighted by Gasteiger charge is -2.08. The van der Waals surface area contributed by atoms with Gasteiger partial charge in [-0.05, 0) is 27.6 Å². The number of nitrogens with zero attached hydrogens (tertiary/aromatic N) is 3. The third kappa shape index (κ3) is 2.83. The maximum absolute atomic E-state index is 11.8. The number of hydrogen-bond acceptors (Lipinski definition) is 6. The van der Waals surface area contributed by atoms with Crippen LogP contribution in [0.5, 0.6) is 0 Å². The lowest BCUT2D eigenvalue weighted by Crippen LogP contribution is -2.21. The molecule has 0 amide bonds. The summed E-state index contributed by atoms with van der Waals surface area (Å²) in [6.45, 7) is 0.234. The Morgan fingerprint density at radius 2 is 2.25 bits per heavy atom. The minimum atomic E-state index is -0.536. The van der Waals surface area contributed by atoms with Gasteiger partial charge in [-0.2, -0.15) is 0 Å². The first kappa shape index (κ1) is 14.2. The number of rotatable bonds is 4. The second-order valence-corrected chi connectivity index (χ2v) is 4.78. The molecule has 3 N–H and O–H groups in total. The van der Waals surface area contributed by atoms with Crippen molar-refractivity contribution < 1.29 is 4.92 Å². The van der Waals surface area contributed by atoms with Crippen molar-refractivity contribution in [3.05, 3.63) is 61.2 Å². The molecule has 0 atom stereocenters. The second-order valence-electron chi connectivity index (χ2n) is 3.93. The van der Waals surface area contributed by atoms with Gasteiger partial charge in [0.25, 0.3) is 11.2 Å². The smallest absolute Gasteiger partial charge is 0.293 e. The number of hydrogen-bond donors (Lipinski definition) is 2. The number of nitro benzene ring substituents is 1. The highest BCUT2D eigenvalue weighted by molar-refractivity contribution is 9.10. The summed E-state index contributed by atoms with van der Waals surface area (Å²) in [7, 11) is 0. The summed E-state index contributed by atoms with van der Waals surface area (Å²) in [6, 6.07) is 4.42. The number of benzene rings is 1. The van der Waals surface area contributed by atoms with Gasteiger partial charge in [-0.15, -0.1) is 0 Å². The molecule has 8 nitrogen and oxygen atoms in total. The van der Waals surface area contributed by atoms with Crippen molar-refractivity contribution in [3.63, 3.8) is 0 Å². The van der Waals surface area contributed by atoms with Crippen LogP contribution >= 0.6 is 15.9 Å². The zero-order valence-corrected chi connectivity index (χ0v) is 11.7.